The van der Waals surface area contributed by atoms with Gasteiger partial charge in [-0.3, -0.25) is 0 Å². The van der Waals surface area contributed by atoms with E-state index in [0.717, 1.165) is 6.92 Å². The Morgan fingerprint density at radius 2 is 1.42 bits per heavy atom. The summed E-state index contributed by atoms with van der Waals surface area (Å²) in [5, 5.41) is 9.02. The highest BCUT2D eigenvalue weighted by Gasteiger charge is 2.72. The summed E-state index contributed by atoms with van der Waals surface area (Å²) >= 11 is 0. The van der Waals surface area contributed by atoms with Gasteiger partial charge in [0.25, 0.3) is 5.60 Å². The van der Waals surface area contributed by atoms with E-state index in [0.29, 0.717) is 6.07 Å². The fourth-order valence-electron chi connectivity index (χ4n) is 1.45. The fraction of sp³-hybridized carbons (Fsp3) is 0.400. The van der Waals surface area contributed by atoms with Crippen LogP contribution in [0.3, 0.4) is 0 Å². The van der Waals surface area contributed by atoms with Crippen molar-refractivity contribution in [3.63, 3.8) is 0 Å². The minimum Gasteiger partial charge on any atom is -0.398 e. The summed E-state index contributed by atoms with van der Waals surface area (Å²) in [4.78, 5) is 0. The average Bonchev–Trinajstić information content (AvgIpc) is 2.22. The lowest BCUT2D eigenvalue weighted by molar-refractivity contribution is -0.377. The van der Waals surface area contributed by atoms with Crippen LogP contribution in [-0.4, -0.2) is 17.5 Å². The van der Waals surface area contributed by atoms with Gasteiger partial charge in [-0.2, -0.15) is 26.3 Å². The molecular weight excluding hydrogens is 283 g/mol. The van der Waals surface area contributed by atoms with Crippen molar-refractivity contribution in [1.82, 2.24) is 0 Å². The zero-order valence-electron chi connectivity index (χ0n) is 9.33. The van der Waals surface area contributed by atoms with E-state index in [-0.39, 0.29) is 11.8 Å². The first-order chi connectivity index (χ1) is 8.34. The second kappa shape index (κ2) is 4.26. The molecule has 19 heavy (non-hydrogen) atoms. The summed E-state index contributed by atoms with van der Waals surface area (Å²) in [6.07, 6.45) is -12.3. The number of anilines is 1. The van der Waals surface area contributed by atoms with Gasteiger partial charge in [0.05, 0.1) is 0 Å². The zero-order chi connectivity index (χ0) is 15.2. The van der Waals surface area contributed by atoms with Crippen LogP contribution in [0.15, 0.2) is 12.1 Å². The molecule has 0 radical (unpaired) electrons. The number of nitrogens with two attached hydrogens (primary N) is 1. The molecule has 0 atom stereocenters. The van der Waals surface area contributed by atoms with Crippen LogP contribution in [0.5, 0.6) is 0 Å². The molecule has 0 bridgehead atoms. The molecule has 9 heteroatoms. The van der Waals surface area contributed by atoms with Gasteiger partial charge in [-0.15, -0.1) is 0 Å². The summed E-state index contributed by atoms with van der Waals surface area (Å²) in [6.45, 7) is 0.904. The molecule has 1 rings (SSSR count). The first-order valence-corrected chi connectivity index (χ1v) is 4.75. The maximum absolute atomic E-state index is 13.6. The number of alkyl halides is 6. The normalized spacial score (nSPS) is 13.7. The topological polar surface area (TPSA) is 46.2 Å². The number of hydrogen-bond acceptors (Lipinski definition) is 2. The molecule has 3 N–H and O–H groups in total. The van der Waals surface area contributed by atoms with E-state index in [2.05, 4.69) is 0 Å². The van der Waals surface area contributed by atoms with Gasteiger partial charge in [-0.25, -0.2) is 4.39 Å². The van der Waals surface area contributed by atoms with Gasteiger partial charge < -0.3 is 10.8 Å². The van der Waals surface area contributed by atoms with Crippen molar-refractivity contribution >= 4 is 5.69 Å². The van der Waals surface area contributed by atoms with E-state index >= 15 is 0 Å². The fourth-order valence-corrected chi connectivity index (χ4v) is 1.45. The van der Waals surface area contributed by atoms with Crippen LogP contribution in [-0.2, 0) is 5.60 Å². The predicted octanol–water partition coefficient (Wildman–Crippen LogP) is 3.03. The smallest absolute Gasteiger partial charge is 0.398 e. The lowest BCUT2D eigenvalue weighted by Gasteiger charge is -2.33. The Labute approximate surface area is 102 Å². The van der Waals surface area contributed by atoms with Crippen molar-refractivity contribution in [1.29, 1.82) is 0 Å². The van der Waals surface area contributed by atoms with Crippen LogP contribution >= 0.6 is 0 Å². The molecule has 0 saturated carbocycles. The first-order valence-electron chi connectivity index (χ1n) is 4.75. The average molecular weight is 291 g/mol. The lowest BCUT2D eigenvalue weighted by Crippen LogP contribution is -2.54. The minimum atomic E-state index is -6.13. The van der Waals surface area contributed by atoms with E-state index in [1.165, 1.54) is 0 Å². The standard InChI is InChI=1S/C10H8F7NO/c1-4-6(18)3-2-5(7(4)11)8(19,9(12,13)14)10(15,16)17/h2-3,19H,18H2,1H3. The van der Waals surface area contributed by atoms with Gasteiger partial charge in [0.2, 0.25) is 0 Å². The molecule has 0 spiro atoms. The van der Waals surface area contributed by atoms with E-state index in [1.54, 1.807) is 0 Å². The van der Waals surface area contributed by atoms with Crippen molar-refractivity contribution < 1.29 is 35.8 Å². The van der Waals surface area contributed by atoms with Crippen LogP contribution in [0, 0.1) is 12.7 Å². The summed E-state index contributed by atoms with van der Waals surface area (Å²) in [7, 11) is 0. The first kappa shape index (κ1) is 15.5. The molecule has 0 unspecified atom stereocenters. The van der Waals surface area contributed by atoms with Gasteiger partial charge in [0, 0.05) is 16.8 Å². The van der Waals surface area contributed by atoms with Crippen LogP contribution < -0.4 is 5.73 Å². The van der Waals surface area contributed by atoms with E-state index < -0.39 is 34.9 Å². The highest BCUT2D eigenvalue weighted by molar-refractivity contribution is 5.50. The Morgan fingerprint density at radius 1 is 1.00 bits per heavy atom. The molecule has 108 valence electrons. The van der Waals surface area contributed by atoms with Gasteiger partial charge in [0.15, 0.2) is 0 Å². The number of hydrogen-bond donors (Lipinski definition) is 2. The Hall–Kier alpha value is -1.51. The molecule has 0 fully saturated rings. The molecule has 0 saturated heterocycles. The maximum atomic E-state index is 13.6. The van der Waals surface area contributed by atoms with Crippen molar-refractivity contribution in [2.24, 2.45) is 0 Å². The molecule has 0 amide bonds. The summed E-state index contributed by atoms with van der Waals surface area (Å²) in [5.41, 5.74) is -2.99. The molecule has 0 aliphatic heterocycles. The SMILES string of the molecule is Cc1c(N)ccc(C(O)(C(F)(F)F)C(F)(F)F)c1F. The van der Waals surface area contributed by atoms with Gasteiger partial charge in [0.1, 0.15) is 5.82 Å². The number of nitrogen functional groups attached to an aromatic ring is 1. The van der Waals surface area contributed by atoms with Crippen molar-refractivity contribution in [3.05, 3.63) is 29.1 Å². The number of halogens is 7. The largest absolute Gasteiger partial charge is 0.430 e. The highest BCUT2D eigenvalue weighted by Crippen LogP contribution is 2.51. The van der Waals surface area contributed by atoms with Crippen molar-refractivity contribution in [3.8, 4) is 0 Å². The molecule has 0 aliphatic rings. The predicted molar refractivity (Wildman–Crippen MR) is 51.6 cm³/mol. The van der Waals surface area contributed by atoms with Crippen LogP contribution in [0.1, 0.15) is 11.1 Å². The van der Waals surface area contributed by atoms with Gasteiger partial charge in [-0.05, 0) is 13.0 Å². The van der Waals surface area contributed by atoms with E-state index in [9.17, 15) is 30.7 Å². The van der Waals surface area contributed by atoms with E-state index in [1.807, 2.05) is 0 Å². The van der Waals surface area contributed by atoms with Crippen LogP contribution in [0.2, 0.25) is 0 Å². The van der Waals surface area contributed by atoms with Gasteiger partial charge in [-0.1, -0.05) is 6.07 Å². The summed E-state index contributed by atoms with van der Waals surface area (Å²) in [5.74, 6) is -1.85. The monoisotopic (exact) mass is 291 g/mol. The number of benzene rings is 1. The second-order valence-corrected chi connectivity index (χ2v) is 3.85. The Bertz CT molecular complexity index is 478. The number of rotatable bonds is 1. The number of aliphatic hydroxyl groups is 1. The third-order valence-corrected chi connectivity index (χ3v) is 2.64. The molecule has 1 aromatic rings. The quantitative estimate of drug-likeness (QED) is 0.617. The van der Waals surface area contributed by atoms with Crippen LogP contribution in [0.25, 0.3) is 0 Å². The molecule has 0 aliphatic carbocycles. The Balaban J connectivity index is 3.67. The lowest BCUT2D eigenvalue weighted by atomic mass is 9.90. The highest BCUT2D eigenvalue weighted by atomic mass is 19.4. The van der Waals surface area contributed by atoms with Crippen LogP contribution in [0.4, 0.5) is 36.4 Å². The molecular formula is C10H8F7NO. The minimum absolute atomic E-state index is 0.165. The third kappa shape index (κ3) is 2.22. The van der Waals surface area contributed by atoms with Crippen molar-refractivity contribution in [2.75, 3.05) is 5.73 Å². The molecule has 0 aromatic heterocycles. The molecule has 0 heterocycles. The zero-order valence-corrected chi connectivity index (χ0v) is 9.33. The third-order valence-electron chi connectivity index (χ3n) is 2.64. The Morgan fingerprint density at radius 3 is 1.79 bits per heavy atom. The van der Waals surface area contributed by atoms with Crippen molar-refractivity contribution in [2.45, 2.75) is 24.9 Å². The summed E-state index contributed by atoms with van der Waals surface area (Å²) in [6, 6.07) is 0.828. The second-order valence-electron chi connectivity index (χ2n) is 3.85. The van der Waals surface area contributed by atoms with Gasteiger partial charge >= 0.3 is 12.4 Å². The molecule has 2 nitrogen and oxygen atoms in total. The van der Waals surface area contributed by atoms with E-state index in [4.69, 9.17) is 10.8 Å². The summed E-state index contributed by atoms with van der Waals surface area (Å²) < 4.78 is 88.8. The maximum Gasteiger partial charge on any atom is 0.430 e. The Kier molecular flexibility index (Phi) is 3.48. The molecule has 1 aromatic carbocycles.